The van der Waals surface area contributed by atoms with Gasteiger partial charge < -0.3 is 0 Å². The second kappa shape index (κ2) is 5.93. The van der Waals surface area contributed by atoms with Crippen LogP contribution in [0.4, 0.5) is 0 Å². The highest BCUT2D eigenvalue weighted by Gasteiger charge is 2.32. The fourth-order valence-electron chi connectivity index (χ4n) is 2.61. The smallest absolute Gasteiger partial charge is 0.256 e. The topological polar surface area (TPSA) is 64.0 Å². The van der Waals surface area contributed by atoms with Crippen molar-refractivity contribution in [2.24, 2.45) is 12.5 Å². The molecule has 1 N–H and O–H groups in total. The predicted molar refractivity (Wildman–Crippen MR) is 77.7 cm³/mol. The Morgan fingerprint density at radius 3 is 2.63 bits per heavy atom. The molecule has 1 heterocycles. The average Bonchev–Trinajstić information content (AvgIpc) is 2.85. The van der Waals surface area contributed by atoms with Crippen molar-refractivity contribution in [2.75, 3.05) is 11.9 Å². The van der Waals surface area contributed by atoms with E-state index in [0.717, 1.165) is 18.2 Å². The minimum Gasteiger partial charge on any atom is -0.256 e. The van der Waals surface area contributed by atoms with Crippen molar-refractivity contribution in [1.82, 2.24) is 14.5 Å². The monoisotopic (exact) mass is 349 g/mol. The summed E-state index contributed by atoms with van der Waals surface area (Å²) in [6.07, 6.45) is 7.26. The van der Waals surface area contributed by atoms with Crippen molar-refractivity contribution >= 4 is 26.0 Å². The lowest BCUT2D eigenvalue weighted by atomic mass is 9.76. The molecule has 0 amide bonds. The second-order valence-corrected chi connectivity index (χ2v) is 7.59. The molecule has 0 saturated heterocycles. The number of alkyl halides is 1. The SMILES string of the molecule is Cn1nccc1S(=O)(=O)NCC1(CBr)CCCCC1. The molecule has 7 heteroatoms. The number of nitrogens with zero attached hydrogens (tertiary/aromatic N) is 2. The molecule has 1 fully saturated rings. The number of nitrogens with one attached hydrogen (secondary N) is 1. The summed E-state index contributed by atoms with van der Waals surface area (Å²) in [5, 5.41) is 4.96. The minimum atomic E-state index is -3.47. The molecular formula is C12H20BrN3O2S. The number of aryl methyl sites for hydroxylation is 1. The average molecular weight is 350 g/mol. The maximum absolute atomic E-state index is 12.2. The molecule has 1 aromatic heterocycles. The molecule has 5 nitrogen and oxygen atoms in total. The first-order chi connectivity index (χ1) is 8.99. The zero-order valence-electron chi connectivity index (χ0n) is 11.1. The van der Waals surface area contributed by atoms with E-state index in [1.54, 1.807) is 7.05 Å². The molecule has 0 aromatic carbocycles. The van der Waals surface area contributed by atoms with E-state index in [-0.39, 0.29) is 10.4 Å². The van der Waals surface area contributed by atoms with Crippen LogP contribution in [0.3, 0.4) is 0 Å². The Hall–Kier alpha value is -0.400. The fraction of sp³-hybridized carbons (Fsp3) is 0.750. The molecule has 1 aromatic rings. The van der Waals surface area contributed by atoms with Gasteiger partial charge in [0.15, 0.2) is 5.03 Å². The Bertz CT molecular complexity index is 521. The standard InChI is InChI=1S/C12H20BrN3O2S/c1-16-11(5-8-14-16)19(17,18)15-10-12(9-13)6-3-2-4-7-12/h5,8,15H,2-4,6-7,9-10H2,1H3. The third-order valence-electron chi connectivity index (χ3n) is 3.89. The van der Waals surface area contributed by atoms with Crippen molar-refractivity contribution in [3.8, 4) is 0 Å². The van der Waals surface area contributed by atoms with E-state index in [4.69, 9.17) is 0 Å². The molecule has 1 aliphatic rings. The van der Waals surface area contributed by atoms with Crippen molar-refractivity contribution in [2.45, 2.75) is 37.1 Å². The van der Waals surface area contributed by atoms with Crippen molar-refractivity contribution in [3.63, 3.8) is 0 Å². The van der Waals surface area contributed by atoms with Crippen LogP contribution in [0.5, 0.6) is 0 Å². The number of hydrogen-bond acceptors (Lipinski definition) is 3. The highest BCUT2D eigenvalue weighted by atomic mass is 79.9. The van der Waals surface area contributed by atoms with Crippen molar-refractivity contribution < 1.29 is 8.42 Å². The summed E-state index contributed by atoms with van der Waals surface area (Å²) in [5.74, 6) is 0. The van der Waals surface area contributed by atoms with Crippen LogP contribution >= 0.6 is 15.9 Å². The zero-order valence-corrected chi connectivity index (χ0v) is 13.5. The molecule has 0 spiro atoms. The van der Waals surface area contributed by atoms with Gasteiger partial charge in [-0.3, -0.25) is 4.68 Å². The van der Waals surface area contributed by atoms with Crippen LogP contribution in [-0.2, 0) is 17.1 Å². The molecule has 0 bridgehead atoms. The molecule has 108 valence electrons. The number of hydrogen-bond donors (Lipinski definition) is 1. The third-order valence-corrected chi connectivity index (χ3v) is 6.55. The molecule has 19 heavy (non-hydrogen) atoms. The van der Waals surface area contributed by atoms with Gasteiger partial charge >= 0.3 is 0 Å². The third kappa shape index (κ3) is 3.38. The number of halogens is 1. The first kappa shape index (κ1) is 15.0. The maximum Gasteiger partial charge on any atom is 0.257 e. The van der Waals surface area contributed by atoms with Gasteiger partial charge in [0.05, 0.1) is 6.20 Å². The number of sulfonamides is 1. The lowest BCUT2D eigenvalue weighted by Gasteiger charge is -2.35. The summed E-state index contributed by atoms with van der Waals surface area (Å²) in [6, 6.07) is 1.52. The van der Waals surface area contributed by atoms with E-state index >= 15 is 0 Å². The molecule has 2 rings (SSSR count). The van der Waals surface area contributed by atoms with Crippen molar-refractivity contribution in [1.29, 1.82) is 0 Å². The molecule has 0 aliphatic heterocycles. The van der Waals surface area contributed by atoms with Crippen LogP contribution in [0.1, 0.15) is 32.1 Å². The van der Waals surface area contributed by atoms with E-state index in [2.05, 4.69) is 25.8 Å². The molecule has 0 unspecified atom stereocenters. The summed E-state index contributed by atoms with van der Waals surface area (Å²) in [4.78, 5) is 0. The van der Waals surface area contributed by atoms with Gasteiger partial charge in [0.25, 0.3) is 10.0 Å². The van der Waals surface area contributed by atoms with Crippen LogP contribution < -0.4 is 4.72 Å². The van der Waals surface area contributed by atoms with Gasteiger partial charge in [-0.2, -0.15) is 5.10 Å². The highest BCUT2D eigenvalue weighted by molar-refractivity contribution is 9.09. The van der Waals surface area contributed by atoms with E-state index in [1.807, 2.05) is 0 Å². The van der Waals surface area contributed by atoms with Crippen LogP contribution in [0.2, 0.25) is 0 Å². The molecule has 0 atom stereocenters. The van der Waals surface area contributed by atoms with E-state index in [0.29, 0.717) is 6.54 Å². The quantitative estimate of drug-likeness (QED) is 0.827. The lowest BCUT2D eigenvalue weighted by molar-refractivity contribution is 0.227. The zero-order chi connectivity index (χ0) is 13.9. The van der Waals surface area contributed by atoms with Gasteiger partial charge in [-0.25, -0.2) is 13.1 Å². The van der Waals surface area contributed by atoms with Gasteiger partial charge in [-0.1, -0.05) is 35.2 Å². The summed E-state index contributed by atoms with van der Waals surface area (Å²) in [6.45, 7) is 0.492. The van der Waals surface area contributed by atoms with E-state index in [1.165, 1.54) is 36.2 Å². The summed E-state index contributed by atoms with van der Waals surface area (Å²) < 4.78 is 28.6. The predicted octanol–water partition coefficient (Wildman–Crippen LogP) is 2.04. The Labute approximate surface area is 122 Å². The molecule has 1 aliphatic carbocycles. The van der Waals surface area contributed by atoms with Crippen LogP contribution in [0.15, 0.2) is 17.3 Å². The lowest BCUT2D eigenvalue weighted by Crippen LogP contribution is -2.40. The van der Waals surface area contributed by atoms with Gasteiger partial charge in [0.2, 0.25) is 0 Å². The van der Waals surface area contributed by atoms with Gasteiger partial charge in [0, 0.05) is 18.9 Å². The fourth-order valence-corrected chi connectivity index (χ4v) is 4.64. The summed E-state index contributed by atoms with van der Waals surface area (Å²) in [5.41, 5.74) is 0.0594. The number of aromatic nitrogens is 2. The highest BCUT2D eigenvalue weighted by Crippen LogP contribution is 2.37. The van der Waals surface area contributed by atoms with E-state index in [9.17, 15) is 8.42 Å². The van der Waals surface area contributed by atoms with Crippen LogP contribution in [0, 0.1) is 5.41 Å². The van der Waals surface area contributed by atoms with Gasteiger partial charge in [0.1, 0.15) is 0 Å². The van der Waals surface area contributed by atoms with E-state index < -0.39 is 10.0 Å². The first-order valence-electron chi connectivity index (χ1n) is 6.53. The summed E-state index contributed by atoms with van der Waals surface area (Å²) in [7, 11) is -1.83. The van der Waals surface area contributed by atoms with Gasteiger partial charge in [-0.15, -0.1) is 0 Å². The largest absolute Gasteiger partial charge is 0.257 e. The summed E-state index contributed by atoms with van der Waals surface area (Å²) >= 11 is 3.55. The Balaban J connectivity index is 2.07. The Kier molecular flexibility index (Phi) is 4.68. The molecule has 0 radical (unpaired) electrons. The maximum atomic E-state index is 12.2. The Morgan fingerprint density at radius 1 is 1.42 bits per heavy atom. The van der Waals surface area contributed by atoms with Crippen LogP contribution in [0.25, 0.3) is 0 Å². The van der Waals surface area contributed by atoms with Gasteiger partial charge in [-0.05, 0) is 24.3 Å². The minimum absolute atomic E-state index is 0.0594. The molecule has 1 saturated carbocycles. The Morgan fingerprint density at radius 2 is 2.11 bits per heavy atom. The normalized spacial score (nSPS) is 19.5. The molecular weight excluding hydrogens is 330 g/mol. The number of rotatable bonds is 5. The second-order valence-electron chi connectivity index (χ2n) is 5.31. The van der Waals surface area contributed by atoms with Crippen molar-refractivity contribution in [3.05, 3.63) is 12.3 Å². The first-order valence-corrected chi connectivity index (χ1v) is 9.13. The van der Waals surface area contributed by atoms with Crippen LogP contribution in [-0.4, -0.2) is 30.1 Å².